The van der Waals surface area contributed by atoms with E-state index in [1.807, 2.05) is 24.3 Å². The largest absolute Gasteiger partial charge is 0.484 e. The zero-order valence-electron chi connectivity index (χ0n) is 18.2. The predicted molar refractivity (Wildman–Crippen MR) is 127 cm³/mol. The van der Waals surface area contributed by atoms with Crippen LogP contribution in [0.1, 0.15) is 29.5 Å². The summed E-state index contributed by atoms with van der Waals surface area (Å²) in [5, 5.41) is 6.82. The molecular formula is C24H29N3O4S. The van der Waals surface area contributed by atoms with Crippen molar-refractivity contribution in [1.82, 2.24) is 10.7 Å². The van der Waals surface area contributed by atoms with Crippen LogP contribution in [0.2, 0.25) is 0 Å². The Hall–Kier alpha value is -2.84. The minimum absolute atomic E-state index is 0.0453. The first-order valence-corrected chi connectivity index (χ1v) is 11.8. The fourth-order valence-corrected chi connectivity index (χ4v) is 4.02. The Morgan fingerprint density at radius 2 is 2.00 bits per heavy atom. The molecule has 1 unspecified atom stereocenters. The van der Waals surface area contributed by atoms with Crippen LogP contribution in [-0.2, 0) is 20.1 Å². The van der Waals surface area contributed by atoms with E-state index in [1.165, 1.54) is 11.1 Å². The maximum absolute atomic E-state index is 11.9. The number of hydrazone groups is 1. The summed E-state index contributed by atoms with van der Waals surface area (Å²) in [6.45, 7) is 3.31. The van der Waals surface area contributed by atoms with E-state index in [4.69, 9.17) is 9.47 Å². The van der Waals surface area contributed by atoms with Crippen LogP contribution < -0.4 is 15.5 Å². The van der Waals surface area contributed by atoms with E-state index in [0.717, 1.165) is 30.8 Å². The summed E-state index contributed by atoms with van der Waals surface area (Å²) in [6, 6.07) is 15.3. The quantitative estimate of drug-likeness (QED) is 0.402. The Morgan fingerprint density at radius 1 is 1.19 bits per heavy atom. The Morgan fingerprint density at radius 3 is 2.75 bits per heavy atom. The van der Waals surface area contributed by atoms with Gasteiger partial charge in [0.15, 0.2) is 6.61 Å². The van der Waals surface area contributed by atoms with E-state index in [-0.39, 0.29) is 24.5 Å². The second-order valence-electron chi connectivity index (χ2n) is 7.51. The van der Waals surface area contributed by atoms with Crippen LogP contribution in [0, 0.1) is 6.92 Å². The highest BCUT2D eigenvalue weighted by Gasteiger charge is 2.16. The Kier molecular flexibility index (Phi) is 9.59. The fourth-order valence-electron chi connectivity index (χ4n) is 3.12. The fraction of sp³-hybridized carbons (Fsp3) is 0.375. The molecule has 32 heavy (non-hydrogen) atoms. The van der Waals surface area contributed by atoms with E-state index in [9.17, 15) is 9.59 Å². The maximum atomic E-state index is 11.9. The van der Waals surface area contributed by atoms with Crippen molar-refractivity contribution in [3.05, 3.63) is 65.2 Å². The molecule has 0 aliphatic carbocycles. The minimum Gasteiger partial charge on any atom is -0.484 e. The highest BCUT2D eigenvalue weighted by molar-refractivity contribution is 7.99. The zero-order chi connectivity index (χ0) is 22.6. The van der Waals surface area contributed by atoms with Gasteiger partial charge >= 0.3 is 0 Å². The van der Waals surface area contributed by atoms with Gasteiger partial charge in [0, 0.05) is 18.9 Å². The number of carbonyl (C=O) groups excluding carboxylic acids is 2. The van der Waals surface area contributed by atoms with Gasteiger partial charge in [0.05, 0.1) is 18.1 Å². The highest BCUT2D eigenvalue weighted by Crippen LogP contribution is 2.15. The van der Waals surface area contributed by atoms with Gasteiger partial charge in [-0.05, 0) is 60.7 Å². The highest BCUT2D eigenvalue weighted by atomic mass is 32.2. The molecule has 0 aromatic heterocycles. The van der Waals surface area contributed by atoms with E-state index < -0.39 is 0 Å². The van der Waals surface area contributed by atoms with Crippen molar-refractivity contribution >= 4 is 29.8 Å². The zero-order valence-corrected chi connectivity index (χ0v) is 19.0. The topological polar surface area (TPSA) is 89.0 Å². The lowest BCUT2D eigenvalue weighted by molar-refractivity contribution is -0.123. The molecular weight excluding hydrogens is 426 g/mol. The first kappa shape index (κ1) is 23.8. The number of aryl methyl sites for hydroxylation is 1. The smallest absolute Gasteiger partial charge is 0.258 e. The van der Waals surface area contributed by atoms with Crippen molar-refractivity contribution in [2.45, 2.75) is 31.6 Å². The predicted octanol–water partition coefficient (Wildman–Crippen LogP) is 3.05. The van der Waals surface area contributed by atoms with Gasteiger partial charge < -0.3 is 14.8 Å². The summed E-state index contributed by atoms with van der Waals surface area (Å²) in [5.74, 6) is 1.40. The molecule has 7 nitrogen and oxygen atoms in total. The molecule has 1 atom stereocenters. The lowest BCUT2D eigenvalue weighted by Gasteiger charge is -2.11. The normalized spacial score (nSPS) is 15.6. The van der Waals surface area contributed by atoms with Crippen LogP contribution in [0.4, 0.5) is 0 Å². The monoisotopic (exact) mass is 455 g/mol. The third-order valence-electron chi connectivity index (χ3n) is 4.96. The summed E-state index contributed by atoms with van der Waals surface area (Å²) in [4.78, 5) is 23.8. The summed E-state index contributed by atoms with van der Waals surface area (Å²) in [7, 11) is 0. The molecule has 3 rings (SSSR count). The van der Waals surface area contributed by atoms with Gasteiger partial charge in [0.25, 0.3) is 5.91 Å². The van der Waals surface area contributed by atoms with Crippen LogP contribution in [-0.4, -0.2) is 49.6 Å². The number of benzene rings is 2. The van der Waals surface area contributed by atoms with Crippen LogP contribution in [0.15, 0.2) is 53.6 Å². The van der Waals surface area contributed by atoms with E-state index in [2.05, 4.69) is 34.9 Å². The number of amides is 2. The van der Waals surface area contributed by atoms with Crippen molar-refractivity contribution < 1.29 is 19.1 Å². The molecule has 0 spiro atoms. The molecule has 2 aromatic rings. The molecule has 1 aliphatic rings. The van der Waals surface area contributed by atoms with Crippen LogP contribution in [0.3, 0.4) is 0 Å². The number of thioether (sulfide) groups is 1. The second kappa shape index (κ2) is 12.9. The number of hydrogen-bond acceptors (Lipinski definition) is 6. The third kappa shape index (κ3) is 8.36. The maximum Gasteiger partial charge on any atom is 0.258 e. The van der Waals surface area contributed by atoms with Gasteiger partial charge in [-0.1, -0.05) is 24.3 Å². The van der Waals surface area contributed by atoms with E-state index in [1.54, 1.807) is 30.1 Å². The van der Waals surface area contributed by atoms with Crippen molar-refractivity contribution in [3.63, 3.8) is 0 Å². The van der Waals surface area contributed by atoms with Crippen molar-refractivity contribution in [2.75, 3.05) is 25.5 Å². The third-order valence-corrected chi connectivity index (χ3v) is 5.94. The standard InChI is InChI=1S/C24H29N3O4S/c1-18-5-2-3-6-20(18)16-32-17-24(29)27-26-13-19-8-10-21(11-9-19)31-15-23(28)25-14-22-7-4-12-30-22/h2-3,5-6,8-11,13,22H,4,7,12,14-17H2,1H3,(H,25,28)(H,27,29)/b26-13+. The van der Waals surface area contributed by atoms with Gasteiger partial charge in [0.1, 0.15) is 5.75 Å². The Labute approximate surface area is 193 Å². The van der Waals surface area contributed by atoms with Gasteiger partial charge in [-0.2, -0.15) is 5.10 Å². The Balaban J connectivity index is 1.31. The molecule has 0 radical (unpaired) electrons. The number of rotatable bonds is 11. The summed E-state index contributed by atoms with van der Waals surface area (Å²) in [6.07, 6.45) is 3.71. The lowest BCUT2D eigenvalue weighted by Crippen LogP contribution is -2.35. The van der Waals surface area contributed by atoms with Gasteiger partial charge in [-0.15, -0.1) is 11.8 Å². The summed E-state index contributed by atoms with van der Waals surface area (Å²) < 4.78 is 11.0. The number of ether oxygens (including phenoxy) is 2. The number of hydrogen-bond donors (Lipinski definition) is 2. The molecule has 0 saturated carbocycles. The molecule has 1 heterocycles. The van der Waals surface area contributed by atoms with Crippen LogP contribution in [0.5, 0.6) is 5.75 Å². The van der Waals surface area contributed by atoms with E-state index >= 15 is 0 Å². The van der Waals surface area contributed by atoms with Gasteiger partial charge in [-0.3, -0.25) is 9.59 Å². The molecule has 2 aromatic carbocycles. The molecule has 2 amide bonds. The van der Waals surface area contributed by atoms with Crippen molar-refractivity contribution in [2.24, 2.45) is 5.10 Å². The SMILES string of the molecule is Cc1ccccc1CSCC(=O)N/N=C/c1ccc(OCC(=O)NCC2CCCO2)cc1. The van der Waals surface area contributed by atoms with Crippen molar-refractivity contribution in [1.29, 1.82) is 0 Å². The summed E-state index contributed by atoms with van der Waals surface area (Å²) >= 11 is 1.55. The van der Waals surface area contributed by atoms with Crippen LogP contribution in [0.25, 0.3) is 0 Å². The first-order chi connectivity index (χ1) is 15.6. The van der Waals surface area contributed by atoms with Crippen molar-refractivity contribution in [3.8, 4) is 5.75 Å². The average Bonchev–Trinajstić information content (AvgIpc) is 3.32. The van der Waals surface area contributed by atoms with Gasteiger partial charge in [-0.25, -0.2) is 5.43 Å². The first-order valence-electron chi connectivity index (χ1n) is 10.7. The molecule has 0 bridgehead atoms. The second-order valence-corrected chi connectivity index (χ2v) is 8.49. The molecule has 1 saturated heterocycles. The lowest BCUT2D eigenvalue weighted by atomic mass is 10.1. The van der Waals surface area contributed by atoms with E-state index in [0.29, 0.717) is 18.0 Å². The Bertz CT molecular complexity index is 912. The number of nitrogens with one attached hydrogen (secondary N) is 2. The molecule has 1 aliphatic heterocycles. The average molecular weight is 456 g/mol. The molecule has 8 heteroatoms. The molecule has 2 N–H and O–H groups in total. The van der Waals surface area contributed by atoms with Crippen LogP contribution >= 0.6 is 11.8 Å². The molecule has 1 fully saturated rings. The van der Waals surface area contributed by atoms with Gasteiger partial charge in [0.2, 0.25) is 5.91 Å². The number of nitrogens with zero attached hydrogens (tertiary/aromatic N) is 1. The number of carbonyl (C=O) groups is 2. The minimum atomic E-state index is -0.172. The molecule has 170 valence electrons. The summed E-state index contributed by atoms with van der Waals surface area (Å²) in [5.41, 5.74) is 5.81.